The lowest BCUT2D eigenvalue weighted by Crippen LogP contribution is -1.97. The molecule has 0 amide bonds. The molecule has 6 heteroatoms. The van der Waals surface area contributed by atoms with Gasteiger partial charge in [-0.1, -0.05) is 35.0 Å². The Balaban J connectivity index is 2.11. The first-order valence-electron chi connectivity index (χ1n) is 5.06. The summed E-state index contributed by atoms with van der Waals surface area (Å²) < 4.78 is 0. The highest BCUT2D eigenvalue weighted by Gasteiger charge is 2.06. The van der Waals surface area contributed by atoms with Crippen molar-refractivity contribution in [2.45, 2.75) is 16.3 Å². The molecular formula is C12H9Cl2NO2S. The number of aromatic nitrogens is 1. The second kappa shape index (κ2) is 5.69. The summed E-state index contributed by atoms with van der Waals surface area (Å²) in [5.74, 6) is -0.847. The second-order valence-corrected chi connectivity index (χ2v) is 5.55. The van der Waals surface area contributed by atoms with E-state index in [0.717, 1.165) is 15.5 Å². The molecule has 1 heterocycles. The van der Waals surface area contributed by atoms with Gasteiger partial charge in [0.2, 0.25) is 0 Å². The van der Waals surface area contributed by atoms with E-state index < -0.39 is 5.97 Å². The molecule has 1 aromatic heterocycles. The number of aliphatic carboxylic acids is 1. The van der Waals surface area contributed by atoms with Gasteiger partial charge in [0, 0.05) is 11.1 Å². The Morgan fingerprint density at radius 1 is 1.28 bits per heavy atom. The Labute approximate surface area is 118 Å². The Morgan fingerprint density at radius 2 is 2.06 bits per heavy atom. The van der Waals surface area contributed by atoms with Gasteiger partial charge in [0.15, 0.2) is 0 Å². The lowest BCUT2D eigenvalue weighted by atomic mass is 10.2. The largest absolute Gasteiger partial charge is 0.481 e. The van der Waals surface area contributed by atoms with Crippen molar-refractivity contribution in [3.05, 3.63) is 46.1 Å². The van der Waals surface area contributed by atoms with Gasteiger partial charge < -0.3 is 10.1 Å². The molecule has 1 aromatic carbocycles. The van der Waals surface area contributed by atoms with Crippen molar-refractivity contribution in [3.63, 3.8) is 0 Å². The van der Waals surface area contributed by atoms with E-state index in [2.05, 4.69) is 4.98 Å². The van der Waals surface area contributed by atoms with Gasteiger partial charge in [-0.25, -0.2) is 0 Å². The minimum Gasteiger partial charge on any atom is -0.481 e. The van der Waals surface area contributed by atoms with Crippen molar-refractivity contribution in [2.24, 2.45) is 0 Å². The predicted octanol–water partition coefficient (Wildman–Crippen LogP) is 4.10. The highest BCUT2D eigenvalue weighted by molar-refractivity contribution is 7.99. The number of hydrogen-bond donors (Lipinski definition) is 2. The zero-order valence-corrected chi connectivity index (χ0v) is 11.4. The number of carbonyl (C=O) groups is 1. The highest BCUT2D eigenvalue weighted by Crippen LogP contribution is 2.32. The topological polar surface area (TPSA) is 53.1 Å². The summed E-state index contributed by atoms with van der Waals surface area (Å²) in [6.45, 7) is 0. The highest BCUT2D eigenvalue weighted by atomic mass is 35.5. The summed E-state index contributed by atoms with van der Waals surface area (Å²) in [6, 6.07) is 7.16. The maximum atomic E-state index is 10.6. The van der Waals surface area contributed by atoms with Crippen LogP contribution in [-0.4, -0.2) is 16.1 Å². The van der Waals surface area contributed by atoms with Crippen LogP contribution in [0.15, 0.2) is 40.4 Å². The number of aromatic amines is 1. The van der Waals surface area contributed by atoms with Crippen LogP contribution in [0.1, 0.15) is 5.56 Å². The number of nitrogens with one attached hydrogen (secondary N) is 1. The van der Waals surface area contributed by atoms with Crippen molar-refractivity contribution in [2.75, 3.05) is 0 Å². The number of hydrogen-bond acceptors (Lipinski definition) is 2. The maximum absolute atomic E-state index is 10.6. The van der Waals surface area contributed by atoms with E-state index in [1.165, 1.54) is 11.8 Å². The van der Waals surface area contributed by atoms with E-state index in [9.17, 15) is 4.79 Å². The molecule has 0 atom stereocenters. The summed E-state index contributed by atoms with van der Waals surface area (Å²) in [5.41, 5.74) is 0.741. The van der Waals surface area contributed by atoms with Gasteiger partial charge in [-0.2, -0.15) is 0 Å². The van der Waals surface area contributed by atoms with Crippen LogP contribution in [0, 0.1) is 0 Å². The molecule has 2 rings (SSSR count). The third kappa shape index (κ3) is 3.45. The molecule has 0 saturated heterocycles. The number of H-pyrrole nitrogens is 1. The molecular weight excluding hydrogens is 293 g/mol. The average Bonchev–Trinajstić information content (AvgIpc) is 2.70. The molecule has 0 unspecified atom stereocenters. The lowest BCUT2D eigenvalue weighted by Gasteiger charge is -2.00. The van der Waals surface area contributed by atoms with E-state index in [4.69, 9.17) is 28.3 Å². The minimum absolute atomic E-state index is 0.0123. The Kier molecular flexibility index (Phi) is 4.22. The first-order valence-corrected chi connectivity index (χ1v) is 6.64. The fourth-order valence-electron chi connectivity index (χ4n) is 1.42. The number of carboxylic acid groups (broad SMARTS) is 1. The van der Waals surface area contributed by atoms with Crippen molar-refractivity contribution >= 4 is 40.9 Å². The Hall–Kier alpha value is -1.10. The van der Waals surface area contributed by atoms with Gasteiger partial charge in [0.1, 0.15) is 0 Å². The molecule has 2 aromatic rings. The molecule has 18 heavy (non-hydrogen) atoms. The summed E-state index contributed by atoms with van der Waals surface area (Å²) in [7, 11) is 0. The molecule has 0 aliphatic carbocycles. The number of rotatable bonds is 4. The summed E-state index contributed by atoms with van der Waals surface area (Å²) in [4.78, 5) is 14.5. The molecule has 0 aliphatic rings. The van der Waals surface area contributed by atoms with E-state index in [-0.39, 0.29) is 6.42 Å². The quantitative estimate of drug-likeness (QED) is 0.894. The summed E-state index contributed by atoms with van der Waals surface area (Å²) >= 11 is 13.2. The third-order valence-corrected chi connectivity index (χ3v) is 3.87. The molecule has 0 bridgehead atoms. The van der Waals surface area contributed by atoms with Crippen LogP contribution in [0.25, 0.3) is 0 Å². The molecule has 0 spiro atoms. The monoisotopic (exact) mass is 301 g/mol. The van der Waals surface area contributed by atoms with Gasteiger partial charge in [-0.3, -0.25) is 4.79 Å². The van der Waals surface area contributed by atoms with E-state index in [1.54, 1.807) is 24.4 Å². The first-order chi connectivity index (χ1) is 8.54. The average molecular weight is 302 g/mol. The molecule has 0 aliphatic heterocycles. The molecule has 94 valence electrons. The van der Waals surface area contributed by atoms with Crippen molar-refractivity contribution in [1.82, 2.24) is 4.98 Å². The van der Waals surface area contributed by atoms with Crippen LogP contribution in [-0.2, 0) is 11.2 Å². The van der Waals surface area contributed by atoms with Crippen LogP contribution >= 0.6 is 35.0 Å². The fraction of sp³-hybridized carbons (Fsp3) is 0.0833. The van der Waals surface area contributed by atoms with Gasteiger partial charge in [-0.05, 0) is 29.8 Å². The molecule has 0 saturated carbocycles. The van der Waals surface area contributed by atoms with Crippen molar-refractivity contribution < 1.29 is 9.90 Å². The van der Waals surface area contributed by atoms with Crippen LogP contribution in [0.5, 0.6) is 0 Å². The van der Waals surface area contributed by atoms with Crippen molar-refractivity contribution in [1.29, 1.82) is 0 Å². The maximum Gasteiger partial charge on any atom is 0.307 e. The molecule has 0 fully saturated rings. The van der Waals surface area contributed by atoms with Crippen LogP contribution in [0.3, 0.4) is 0 Å². The van der Waals surface area contributed by atoms with Crippen LogP contribution < -0.4 is 0 Å². The smallest absolute Gasteiger partial charge is 0.307 e. The summed E-state index contributed by atoms with van der Waals surface area (Å²) in [5, 5.41) is 10.6. The zero-order chi connectivity index (χ0) is 13.1. The number of carboxylic acids is 1. The number of halogens is 2. The number of benzene rings is 1. The van der Waals surface area contributed by atoms with Gasteiger partial charge in [0.05, 0.1) is 21.5 Å². The van der Waals surface area contributed by atoms with Gasteiger partial charge >= 0.3 is 5.97 Å². The predicted molar refractivity (Wildman–Crippen MR) is 72.7 cm³/mol. The molecule has 0 radical (unpaired) electrons. The van der Waals surface area contributed by atoms with Crippen LogP contribution in [0.2, 0.25) is 10.0 Å². The summed E-state index contributed by atoms with van der Waals surface area (Å²) in [6.07, 6.45) is 1.70. The Bertz CT molecular complexity index is 583. The van der Waals surface area contributed by atoms with Gasteiger partial charge in [-0.15, -0.1) is 0 Å². The molecule has 2 N–H and O–H groups in total. The second-order valence-electron chi connectivity index (χ2n) is 3.62. The first kappa shape index (κ1) is 13.3. The van der Waals surface area contributed by atoms with E-state index in [1.807, 2.05) is 6.07 Å². The van der Waals surface area contributed by atoms with Gasteiger partial charge in [0.25, 0.3) is 0 Å². The third-order valence-electron chi connectivity index (χ3n) is 2.19. The standard InChI is InChI=1S/C12H9Cl2NO2S/c13-9-2-1-8(5-10(9)14)18-11-3-7(6-15-11)4-12(16)17/h1-3,5-6,15H,4H2,(H,16,17). The van der Waals surface area contributed by atoms with E-state index in [0.29, 0.717) is 10.0 Å². The van der Waals surface area contributed by atoms with Crippen molar-refractivity contribution in [3.8, 4) is 0 Å². The fourth-order valence-corrected chi connectivity index (χ4v) is 2.68. The van der Waals surface area contributed by atoms with Crippen LogP contribution in [0.4, 0.5) is 0 Å². The SMILES string of the molecule is O=C(O)Cc1c[nH]c(Sc2ccc(Cl)c(Cl)c2)c1. The normalized spacial score (nSPS) is 10.6. The Morgan fingerprint density at radius 3 is 2.72 bits per heavy atom. The minimum atomic E-state index is -0.847. The molecule has 3 nitrogen and oxygen atoms in total. The van der Waals surface area contributed by atoms with E-state index >= 15 is 0 Å². The lowest BCUT2D eigenvalue weighted by molar-refractivity contribution is -0.136. The zero-order valence-electron chi connectivity index (χ0n) is 9.11.